The summed E-state index contributed by atoms with van der Waals surface area (Å²) in [6, 6.07) is 0.349. The van der Waals surface area contributed by atoms with Crippen molar-refractivity contribution < 1.29 is 0 Å². The second-order valence-electron chi connectivity index (χ2n) is 4.45. The van der Waals surface area contributed by atoms with Gasteiger partial charge in [0.05, 0.1) is 18.9 Å². The lowest BCUT2D eigenvalue weighted by Crippen LogP contribution is -2.17. The number of nitrogens with one attached hydrogen (secondary N) is 1. The molecule has 0 aliphatic rings. The molecule has 0 spiro atoms. The van der Waals surface area contributed by atoms with E-state index in [2.05, 4.69) is 48.7 Å². The molecule has 1 atom stereocenters. The fourth-order valence-corrected chi connectivity index (χ4v) is 1.96. The Bertz CT molecular complexity index is 485. The molecule has 0 aliphatic heterocycles. The van der Waals surface area contributed by atoms with Gasteiger partial charge >= 0.3 is 0 Å². The summed E-state index contributed by atoms with van der Waals surface area (Å²) in [6.07, 6.45) is 7.99. The van der Waals surface area contributed by atoms with Gasteiger partial charge in [0.2, 0.25) is 0 Å². The van der Waals surface area contributed by atoms with E-state index in [1.54, 1.807) is 0 Å². The molecule has 0 amide bonds. The Morgan fingerprint density at radius 1 is 1.17 bits per heavy atom. The normalized spacial score (nSPS) is 12.8. The van der Waals surface area contributed by atoms with Crippen molar-refractivity contribution in [2.45, 2.75) is 39.9 Å². The van der Waals surface area contributed by atoms with Crippen LogP contribution < -0.4 is 5.32 Å². The molecule has 98 valence electrons. The zero-order valence-electron chi connectivity index (χ0n) is 11.3. The van der Waals surface area contributed by atoms with Crippen molar-refractivity contribution in [3.63, 3.8) is 0 Å². The van der Waals surface area contributed by atoms with Crippen molar-refractivity contribution in [1.29, 1.82) is 0 Å². The van der Waals surface area contributed by atoms with E-state index in [4.69, 9.17) is 0 Å². The van der Waals surface area contributed by atoms with Crippen LogP contribution in [0.25, 0.3) is 0 Å². The molecule has 0 bridgehead atoms. The zero-order chi connectivity index (χ0) is 13.0. The Kier molecular flexibility index (Phi) is 4.15. The van der Waals surface area contributed by atoms with Crippen LogP contribution in [0.3, 0.4) is 0 Å². The highest BCUT2D eigenvalue weighted by atomic mass is 15.3. The summed E-state index contributed by atoms with van der Waals surface area (Å²) in [5.74, 6) is 0. The minimum Gasteiger partial charge on any atom is -0.310 e. The average molecular weight is 247 g/mol. The van der Waals surface area contributed by atoms with E-state index in [0.29, 0.717) is 6.04 Å². The molecule has 1 N–H and O–H groups in total. The summed E-state index contributed by atoms with van der Waals surface area (Å²) in [4.78, 5) is 0. The van der Waals surface area contributed by atoms with Crippen LogP contribution in [0.5, 0.6) is 0 Å². The van der Waals surface area contributed by atoms with Crippen LogP contribution in [-0.4, -0.2) is 26.1 Å². The molecule has 0 aliphatic carbocycles. The highest BCUT2D eigenvalue weighted by molar-refractivity contribution is 5.11. The molecular formula is C13H21N5. The van der Waals surface area contributed by atoms with Crippen LogP contribution in [0.4, 0.5) is 0 Å². The highest BCUT2D eigenvalue weighted by Crippen LogP contribution is 2.11. The summed E-state index contributed by atoms with van der Waals surface area (Å²) in [7, 11) is 0. The Morgan fingerprint density at radius 3 is 2.61 bits per heavy atom. The van der Waals surface area contributed by atoms with E-state index in [1.165, 1.54) is 11.1 Å². The van der Waals surface area contributed by atoms with E-state index >= 15 is 0 Å². The number of rotatable bonds is 6. The van der Waals surface area contributed by atoms with Crippen molar-refractivity contribution in [3.8, 4) is 0 Å². The van der Waals surface area contributed by atoms with Gasteiger partial charge in [0, 0.05) is 36.1 Å². The number of hydrogen-bond donors (Lipinski definition) is 1. The minimum atomic E-state index is 0.349. The number of aromatic nitrogens is 4. The maximum absolute atomic E-state index is 4.39. The molecule has 2 aromatic heterocycles. The molecule has 5 heteroatoms. The lowest BCUT2D eigenvalue weighted by Gasteiger charge is -2.08. The van der Waals surface area contributed by atoms with Crippen LogP contribution in [0.15, 0.2) is 24.8 Å². The predicted octanol–water partition coefficient (Wildman–Crippen LogP) is 1.82. The second kappa shape index (κ2) is 5.82. The van der Waals surface area contributed by atoms with Crippen LogP contribution in [0.2, 0.25) is 0 Å². The summed E-state index contributed by atoms with van der Waals surface area (Å²) in [5.41, 5.74) is 2.40. The third kappa shape index (κ3) is 2.98. The molecule has 0 radical (unpaired) electrons. The largest absolute Gasteiger partial charge is 0.310 e. The van der Waals surface area contributed by atoms with Gasteiger partial charge in [-0.1, -0.05) is 6.92 Å². The van der Waals surface area contributed by atoms with Crippen LogP contribution >= 0.6 is 0 Å². The van der Waals surface area contributed by atoms with Gasteiger partial charge in [-0.25, -0.2) is 0 Å². The molecule has 0 saturated heterocycles. The molecule has 0 fully saturated rings. The molecular weight excluding hydrogens is 226 g/mol. The topological polar surface area (TPSA) is 47.7 Å². The first kappa shape index (κ1) is 12.8. The Balaban J connectivity index is 2.01. The lowest BCUT2D eigenvalue weighted by molar-refractivity contribution is 0.596. The maximum Gasteiger partial charge on any atom is 0.0690 e. The number of aryl methyl sites for hydroxylation is 1. The third-order valence-corrected chi connectivity index (χ3v) is 3.02. The van der Waals surface area contributed by atoms with Gasteiger partial charge in [-0.15, -0.1) is 0 Å². The molecule has 1 unspecified atom stereocenters. The quantitative estimate of drug-likeness (QED) is 0.847. The van der Waals surface area contributed by atoms with E-state index in [-0.39, 0.29) is 0 Å². The molecule has 0 aromatic carbocycles. The summed E-state index contributed by atoms with van der Waals surface area (Å²) in [5, 5.41) is 12.0. The molecule has 2 aromatic rings. The van der Waals surface area contributed by atoms with Gasteiger partial charge in [-0.3, -0.25) is 9.36 Å². The SMILES string of the molecule is CCNC(C)c1cnn(Cc2cnn(CC)c2)c1. The molecule has 2 heterocycles. The maximum atomic E-state index is 4.39. The van der Waals surface area contributed by atoms with E-state index in [1.807, 2.05) is 21.8 Å². The van der Waals surface area contributed by atoms with Gasteiger partial charge in [0.25, 0.3) is 0 Å². The minimum absolute atomic E-state index is 0.349. The molecule has 2 rings (SSSR count). The van der Waals surface area contributed by atoms with E-state index in [0.717, 1.165) is 19.6 Å². The first-order valence-corrected chi connectivity index (χ1v) is 6.50. The summed E-state index contributed by atoms with van der Waals surface area (Å²) >= 11 is 0. The van der Waals surface area contributed by atoms with E-state index < -0.39 is 0 Å². The highest BCUT2D eigenvalue weighted by Gasteiger charge is 2.07. The number of nitrogens with zero attached hydrogens (tertiary/aromatic N) is 4. The van der Waals surface area contributed by atoms with Gasteiger partial charge in [-0.2, -0.15) is 10.2 Å². The third-order valence-electron chi connectivity index (χ3n) is 3.02. The van der Waals surface area contributed by atoms with Crippen LogP contribution in [0.1, 0.15) is 37.9 Å². The molecule has 0 saturated carbocycles. The fraction of sp³-hybridized carbons (Fsp3) is 0.538. The summed E-state index contributed by atoms with van der Waals surface area (Å²) < 4.78 is 3.89. The van der Waals surface area contributed by atoms with Crippen molar-refractivity contribution in [2.24, 2.45) is 0 Å². The predicted molar refractivity (Wildman–Crippen MR) is 71.3 cm³/mol. The fourth-order valence-electron chi connectivity index (χ4n) is 1.96. The standard InChI is InChI=1S/C13H21N5/c1-4-14-11(3)13-7-16-18(10-13)9-12-6-15-17(5-2)8-12/h6-8,10-11,14H,4-5,9H2,1-3H3. The molecule has 5 nitrogen and oxygen atoms in total. The smallest absolute Gasteiger partial charge is 0.0690 e. The second-order valence-corrected chi connectivity index (χ2v) is 4.45. The van der Waals surface area contributed by atoms with Crippen LogP contribution in [-0.2, 0) is 13.1 Å². The van der Waals surface area contributed by atoms with Crippen molar-refractivity contribution in [3.05, 3.63) is 35.9 Å². The van der Waals surface area contributed by atoms with Gasteiger partial charge in [0.15, 0.2) is 0 Å². The lowest BCUT2D eigenvalue weighted by atomic mass is 10.2. The Labute approximate surface area is 108 Å². The van der Waals surface area contributed by atoms with Crippen molar-refractivity contribution in [1.82, 2.24) is 24.9 Å². The van der Waals surface area contributed by atoms with Crippen molar-refractivity contribution in [2.75, 3.05) is 6.54 Å². The first-order valence-electron chi connectivity index (χ1n) is 6.50. The Morgan fingerprint density at radius 2 is 1.94 bits per heavy atom. The average Bonchev–Trinajstić information content (AvgIpc) is 2.99. The molecule has 18 heavy (non-hydrogen) atoms. The summed E-state index contributed by atoms with van der Waals surface area (Å²) in [6.45, 7) is 9.00. The van der Waals surface area contributed by atoms with Gasteiger partial charge < -0.3 is 5.32 Å². The number of hydrogen-bond acceptors (Lipinski definition) is 3. The van der Waals surface area contributed by atoms with E-state index in [9.17, 15) is 0 Å². The zero-order valence-corrected chi connectivity index (χ0v) is 11.3. The van der Waals surface area contributed by atoms with Crippen molar-refractivity contribution >= 4 is 0 Å². The monoisotopic (exact) mass is 247 g/mol. The Hall–Kier alpha value is -1.62. The first-order chi connectivity index (χ1) is 8.72. The van der Waals surface area contributed by atoms with Gasteiger partial charge in [0.1, 0.15) is 0 Å². The van der Waals surface area contributed by atoms with Gasteiger partial charge in [-0.05, 0) is 20.4 Å². The van der Waals surface area contributed by atoms with Crippen LogP contribution in [0, 0.1) is 0 Å².